The minimum Gasteiger partial charge on any atom is -0.504 e. The third-order valence-corrected chi connectivity index (χ3v) is 3.50. The van der Waals surface area contributed by atoms with E-state index >= 15 is 0 Å². The number of carbonyl (C=O) groups excluding carboxylic acids is 2. The maximum absolute atomic E-state index is 12.1. The van der Waals surface area contributed by atoms with Crippen molar-refractivity contribution in [2.75, 3.05) is 14.1 Å². The standard InChI is InChI=1S/C13H12N2O4S/c1-14-11(18)8(12(19)15(2)13(14)20)5-7-3-4-9(16)10(17)6-7/h3-6,16-17H,1-2H3. The number of carbonyl (C=O) groups is 2. The quantitative estimate of drug-likeness (QED) is 0.344. The molecule has 1 heterocycles. The summed E-state index contributed by atoms with van der Waals surface area (Å²) in [6.45, 7) is 0. The van der Waals surface area contributed by atoms with E-state index in [1.54, 1.807) is 0 Å². The van der Waals surface area contributed by atoms with Crippen molar-refractivity contribution in [3.05, 3.63) is 29.3 Å². The molecule has 1 aliphatic heterocycles. The Labute approximate surface area is 120 Å². The van der Waals surface area contributed by atoms with Crippen LogP contribution >= 0.6 is 12.2 Å². The number of rotatable bonds is 1. The summed E-state index contributed by atoms with van der Waals surface area (Å²) in [4.78, 5) is 26.5. The predicted molar refractivity (Wildman–Crippen MR) is 75.9 cm³/mol. The van der Waals surface area contributed by atoms with E-state index < -0.39 is 11.8 Å². The molecule has 0 aliphatic carbocycles. The molecule has 20 heavy (non-hydrogen) atoms. The number of benzene rings is 1. The highest BCUT2D eigenvalue weighted by molar-refractivity contribution is 7.80. The lowest BCUT2D eigenvalue weighted by Crippen LogP contribution is -2.52. The summed E-state index contributed by atoms with van der Waals surface area (Å²) in [6.07, 6.45) is 1.35. The summed E-state index contributed by atoms with van der Waals surface area (Å²) < 4.78 is 0. The number of phenolic OH excluding ortho intramolecular Hbond substituents is 2. The summed E-state index contributed by atoms with van der Waals surface area (Å²) in [6, 6.07) is 4.02. The van der Waals surface area contributed by atoms with E-state index in [4.69, 9.17) is 12.2 Å². The Balaban J connectivity index is 2.46. The van der Waals surface area contributed by atoms with E-state index in [0.717, 1.165) is 0 Å². The first kappa shape index (κ1) is 14.0. The number of thiocarbonyl (C=S) groups is 1. The van der Waals surface area contributed by atoms with Crippen LogP contribution in [0.2, 0.25) is 0 Å². The number of likely N-dealkylation sites (N-methyl/N-ethyl adjacent to an activating group) is 2. The molecule has 0 aromatic heterocycles. The molecule has 2 rings (SSSR count). The molecule has 0 saturated carbocycles. The molecule has 0 spiro atoms. The van der Waals surface area contributed by atoms with Crippen molar-refractivity contribution in [2.24, 2.45) is 0 Å². The topological polar surface area (TPSA) is 81.1 Å². The van der Waals surface area contributed by atoms with Gasteiger partial charge in [0.15, 0.2) is 16.6 Å². The van der Waals surface area contributed by atoms with E-state index in [9.17, 15) is 19.8 Å². The molecule has 1 fully saturated rings. The SMILES string of the molecule is CN1C(=O)C(=Cc2ccc(O)c(O)c2)C(=O)N(C)C1=S. The van der Waals surface area contributed by atoms with Gasteiger partial charge < -0.3 is 10.2 Å². The Morgan fingerprint density at radius 1 is 1.05 bits per heavy atom. The van der Waals surface area contributed by atoms with Gasteiger partial charge in [0, 0.05) is 14.1 Å². The van der Waals surface area contributed by atoms with E-state index in [-0.39, 0.29) is 22.2 Å². The smallest absolute Gasteiger partial charge is 0.265 e. The molecule has 2 amide bonds. The number of phenols is 2. The lowest BCUT2D eigenvalue weighted by molar-refractivity contribution is -0.132. The number of nitrogens with zero attached hydrogens (tertiary/aromatic N) is 2. The van der Waals surface area contributed by atoms with Gasteiger partial charge in [-0.3, -0.25) is 19.4 Å². The minimum absolute atomic E-state index is 0.0614. The van der Waals surface area contributed by atoms with Crippen molar-refractivity contribution in [1.82, 2.24) is 9.80 Å². The Morgan fingerprint density at radius 2 is 1.60 bits per heavy atom. The highest BCUT2D eigenvalue weighted by Gasteiger charge is 2.35. The largest absolute Gasteiger partial charge is 0.504 e. The monoisotopic (exact) mass is 292 g/mol. The van der Waals surface area contributed by atoms with E-state index in [1.807, 2.05) is 0 Å². The summed E-state index contributed by atoms with van der Waals surface area (Å²) in [7, 11) is 2.96. The van der Waals surface area contributed by atoms with E-state index in [0.29, 0.717) is 5.56 Å². The second-order valence-corrected chi connectivity index (χ2v) is 4.68. The molecule has 7 heteroatoms. The van der Waals surface area contributed by atoms with Gasteiger partial charge in [0.2, 0.25) is 0 Å². The fraction of sp³-hybridized carbons (Fsp3) is 0.154. The molecule has 0 bridgehead atoms. The average Bonchev–Trinajstić information content (AvgIpc) is 2.43. The number of amides is 2. The molecule has 0 atom stereocenters. The van der Waals surface area contributed by atoms with Crippen molar-refractivity contribution in [1.29, 1.82) is 0 Å². The fourth-order valence-electron chi connectivity index (χ4n) is 1.77. The van der Waals surface area contributed by atoms with E-state index in [1.165, 1.54) is 48.2 Å². The van der Waals surface area contributed by atoms with Gasteiger partial charge in [-0.1, -0.05) is 6.07 Å². The van der Waals surface area contributed by atoms with Crippen molar-refractivity contribution in [3.8, 4) is 11.5 Å². The summed E-state index contributed by atoms with van der Waals surface area (Å²) in [5, 5.41) is 18.8. The van der Waals surface area contributed by atoms with Crippen LogP contribution in [0.4, 0.5) is 0 Å². The lowest BCUT2D eigenvalue weighted by Gasteiger charge is -2.31. The third kappa shape index (κ3) is 2.23. The number of hydrogen-bond donors (Lipinski definition) is 2. The van der Waals surface area contributed by atoms with Gasteiger partial charge in [-0.25, -0.2) is 0 Å². The van der Waals surface area contributed by atoms with Gasteiger partial charge in [-0.2, -0.15) is 0 Å². The molecule has 0 radical (unpaired) electrons. The van der Waals surface area contributed by atoms with Crippen molar-refractivity contribution in [3.63, 3.8) is 0 Å². The summed E-state index contributed by atoms with van der Waals surface area (Å²) in [5.74, 6) is -1.62. The predicted octanol–water partition coefficient (Wildman–Crippen LogP) is 0.697. The average molecular weight is 292 g/mol. The van der Waals surface area contributed by atoms with Gasteiger partial charge in [-0.05, 0) is 36.0 Å². The van der Waals surface area contributed by atoms with Crippen LogP contribution in [0, 0.1) is 0 Å². The van der Waals surface area contributed by atoms with Gasteiger partial charge in [0.1, 0.15) is 5.57 Å². The number of hydrogen-bond acceptors (Lipinski definition) is 5. The molecule has 1 aliphatic rings. The molecule has 1 aromatic rings. The highest BCUT2D eigenvalue weighted by atomic mass is 32.1. The van der Waals surface area contributed by atoms with Crippen LogP contribution in [0.15, 0.2) is 23.8 Å². The first-order valence-corrected chi connectivity index (χ1v) is 6.07. The first-order valence-electron chi connectivity index (χ1n) is 5.66. The maximum Gasteiger partial charge on any atom is 0.265 e. The second kappa shape index (κ2) is 4.93. The van der Waals surface area contributed by atoms with Crippen molar-refractivity contribution in [2.45, 2.75) is 0 Å². The minimum atomic E-state index is -0.509. The van der Waals surface area contributed by atoms with Crippen LogP contribution in [0.3, 0.4) is 0 Å². The Bertz CT molecular complexity index is 628. The van der Waals surface area contributed by atoms with Gasteiger partial charge >= 0.3 is 0 Å². The van der Waals surface area contributed by atoms with Crippen molar-refractivity contribution < 1.29 is 19.8 Å². The van der Waals surface area contributed by atoms with Crippen LogP contribution in [0.5, 0.6) is 11.5 Å². The third-order valence-electron chi connectivity index (χ3n) is 2.95. The summed E-state index contributed by atoms with van der Waals surface area (Å²) in [5.41, 5.74) is 0.361. The Kier molecular flexibility index (Phi) is 3.46. The molecule has 6 nitrogen and oxygen atoms in total. The van der Waals surface area contributed by atoms with Crippen LogP contribution in [0.1, 0.15) is 5.56 Å². The number of aromatic hydroxyl groups is 2. The van der Waals surface area contributed by atoms with Gasteiger partial charge in [0.25, 0.3) is 11.8 Å². The fourth-order valence-corrected chi connectivity index (χ4v) is 1.94. The zero-order valence-corrected chi connectivity index (χ0v) is 11.6. The molecular formula is C13H12N2O4S. The van der Waals surface area contributed by atoms with Crippen LogP contribution in [0.25, 0.3) is 6.08 Å². The zero-order valence-electron chi connectivity index (χ0n) is 10.8. The van der Waals surface area contributed by atoms with Crippen molar-refractivity contribution >= 4 is 35.2 Å². The molecular weight excluding hydrogens is 280 g/mol. The van der Waals surface area contributed by atoms with Crippen LogP contribution < -0.4 is 0 Å². The molecule has 1 aromatic carbocycles. The van der Waals surface area contributed by atoms with Gasteiger partial charge in [0.05, 0.1) is 0 Å². The zero-order chi connectivity index (χ0) is 15.0. The van der Waals surface area contributed by atoms with Crippen LogP contribution in [-0.2, 0) is 9.59 Å². The van der Waals surface area contributed by atoms with Gasteiger partial charge in [-0.15, -0.1) is 0 Å². The normalized spacial score (nSPS) is 15.9. The molecule has 1 saturated heterocycles. The molecule has 0 unspecified atom stereocenters. The molecule has 104 valence electrons. The summed E-state index contributed by atoms with van der Waals surface area (Å²) >= 11 is 4.97. The lowest BCUT2D eigenvalue weighted by atomic mass is 10.1. The second-order valence-electron chi connectivity index (χ2n) is 4.32. The molecule has 2 N–H and O–H groups in total. The maximum atomic E-state index is 12.1. The Morgan fingerprint density at radius 3 is 2.10 bits per heavy atom. The van der Waals surface area contributed by atoms with Crippen LogP contribution in [-0.4, -0.2) is 51.0 Å². The highest BCUT2D eigenvalue weighted by Crippen LogP contribution is 2.27. The van der Waals surface area contributed by atoms with E-state index in [2.05, 4.69) is 0 Å². The Hall–Kier alpha value is -2.41. The first-order chi connectivity index (χ1) is 9.32.